The van der Waals surface area contributed by atoms with E-state index >= 15 is 0 Å². The highest BCUT2D eigenvalue weighted by Crippen LogP contribution is 2.23. The van der Waals surface area contributed by atoms with E-state index in [1.54, 1.807) is 28.2 Å². The second-order valence-electron chi connectivity index (χ2n) is 5.51. The van der Waals surface area contributed by atoms with Gasteiger partial charge < -0.3 is 5.32 Å². The predicted octanol–water partition coefficient (Wildman–Crippen LogP) is 0.382. The number of rotatable bonds is 3. The molecule has 7 heteroatoms. The molecular formula is C14H20FN2O2S2+. The van der Waals surface area contributed by atoms with Crippen molar-refractivity contribution in [1.82, 2.24) is 4.31 Å². The number of fused-ring (bicyclic) bond motifs is 1. The zero-order valence-electron chi connectivity index (χ0n) is 11.8. The Labute approximate surface area is 129 Å². The number of hydrogen-bond acceptors (Lipinski definition) is 3. The molecule has 2 N–H and O–H groups in total. The Hall–Kier alpha value is -0.630. The van der Waals surface area contributed by atoms with E-state index in [1.807, 2.05) is 11.4 Å². The second kappa shape index (κ2) is 6.24. The average Bonchev–Trinajstić information content (AvgIpc) is 2.54. The molecule has 21 heavy (non-hydrogen) atoms. The number of halogens is 1. The Bertz CT molecular complexity index is 615. The van der Waals surface area contributed by atoms with E-state index < -0.39 is 10.0 Å². The van der Waals surface area contributed by atoms with Gasteiger partial charge in [0.1, 0.15) is 19.3 Å². The number of nitrogens with two attached hydrogens (primary N) is 1. The van der Waals surface area contributed by atoms with Crippen molar-refractivity contribution < 1.29 is 18.1 Å². The Kier molecular flexibility index (Phi) is 4.54. The summed E-state index contributed by atoms with van der Waals surface area (Å²) in [5.74, 6) is 1.71. The molecule has 1 fully saturated rings. The number of thioether (sulfide) groups is 1. The van der Waals surface area contributed by atoms with Crippen molar-refractivity contribution in [3.63, 3.8) is 0 Å². The summed E-state index contributed by atoms with van der Waals surface area (Å²) in [6.07, 6.45) is 0.673. The van der Waals surface area contributed by atoms with Crippen molar-refractivity contribution in [2.45, 2.75) is 23.9 Å². The first kappa shape index (κ1) is 15.3. The van der Waals surface area contributed by atoms with E-state index in [-0.39, 0.29) is 12.7 Å². The zero-order chi connectivity index (χ0) is 14.9. The highest BCUT2D eigenvalue weighted by Gasteiger charge is 2.28. The summed E-state index contributed by atoms with van der Waals surface area (Å²) in [6, 6.07) is 5.28. The fourth-order valence-electron chi connectivity index (χ4n) is 2.86. The van der Waals surface area contributed by atoms with E-state index in [9.17, 15) is 12.8 Å². The van der Waals surface area contributed by atoms with Gasteiger partial charge in [0.05, 0.1) is 4.90 Å². The first-order chi connectivity index (χ1) is 10.1. The third-order valence-corrected chi connectivity index (χ3v) is 6.97. The predicted molar refractivity (Wildman–Crippen MR) is 81.6 cm³/mol. The number of sulfonamides is 1. The fraction of sp³-hybridized carbons (Fsp3) is 0.571. The van der Waals surface area contributed by atoms with E-state index in [2.05, 4.69) is 0 Å². The van der Waals surface area contributed by atoms with Crippen LogP contribution in [0, 0.1) is 0 Å². The fourth-order valence-corrected chi connectivity index (χ4v) is 5.49. The number of quaternary nitrogens is 1. The Morgan fingerprint density at radius 2 is 2.05 bits per heavy atom. The van der Waals surface area contributed by atoms with Crippen molar-refractivity contribution in [2.75, 3.05) is 31.3 Å². The summed E-state index contributed by atoms with van der Waals surface area (Å²) in [6.45, 7) is 1.48. The summed E-state index contributed by atoms with van der Waals surface area (Å²) in [7, 11) is -3.38. The van der Waals surface area contributed by atoms with Crippen LogP contribution < -0.4 is 5.32 Å². The van der Waals surface area contributed by atoms with Gasteiger partial charge in [-0.15, -0.1) is 0 Å². The molecule has 3 rings (SSSR count). The molecule has 2 heterocycles. The molecule has 1 atom stereocenters. The van der Waals surface area contributed by atoms with Crippen LogP contribution >= 0.6 is 11.8 Å². The van der Waals surface area contributed by atoms with Gasteiger partial charge in [0, 0.05) is 36.6 Å². The quantitative estimate of drug-likeness (QED) is 0.871. The Morgan fingerprint density at radius 1 is 1.29 bits per heavy atom. The smallest absolute Gasteiger partial charge is 0.243 e. The van der Waals surface area contributed by atoms with Gasteiger partial charge in [0.2, 0.25) is 10.0 Å². The molecule has 0 bridgehead atoms. The van der Waals surface area contributed by atoms with Crippen LogP contribution in [0.15, 0.2) is 23.1 Å². The molecule has 2 aliphatic rings. The minimum absolute atomic E-state index is 0.0286. The lowest BCUT2D eigenvalue weighted by molar-refractivity contribution is -0.707. The molecule has 0 saturated carbocycles. The van der Waals surface area contributed by atoms with Crippen LogP contribution in [0.1, 0.15) is 11.1 Å². The van der Waals surface area contributed by atoms with Gasteiger partial charge in [-0.05, 0) is 17.7 Å². The molecule has 0 amide bonds. The Balaban J connectivity index is 1.86. The van der Waals surface area contributed by atoms with Crippen molar-refractivity contribution in [3.05, 3.63) is 29.3 Å². The molecule has 0 spiro atoms. The van der Waals surface area contributed by atoms with Crippen molar-refractivity contribution >= 4 is 21.8 Å². The van der Waals surface area contributed by atoms with Crippen LogP contribution in [-0.2, 0) is 23.0 Å². The maximum Gasteiger partial charge on any atom is 0.243 e. The summed E-state index contributed by atoms with van der Waals surface area (Å²) in [5.41, 5.74) is 2.10. The van der Waals surface area contributed by atoms with Crippen LogP contribution in [-0.4, -0.2) is 50.0 Å². The summed E-state index contributed by atoms with van der Waals surface area (Å²) in [5, 5.41) is 1.95. The largest absolute Gasteiger partial charge is 0.338 e. The van der Waals surface area contributed by atoms with E-state index in [1.165, 1.54) is 0 Å². The lowest BCUT2D eigenvalue weighted by Gasteiger charge is -2.27. The maximum absolute atomic E-state index is 12.7. The molecule has 1 aromatic carbocycles. The van der Waals surface area contributed by atoms with Gasteiger partial charge in [-0.3, -0.25) is 0 Å². The molecule has 4 nitrogen and oxygen atoms in total. The van der Waals surface area contributed by atoms with E-state index in [0.29, 0.717) is 31.0 Å². The van der Waals surface area contributed by atoms with Crippen LogP contribution in [0.3, 0.4) is 0 Å². The molecule has 1 saturated heterocycles. The summed E-state index contributed by atoms with van der Waals surface area (Å²) < 4.78 is 39.6. The maximum atomic E-state index is 12.7. The van der Waals surface area contributed by atoms with Crippen molar-refractivity contribution in [2.24, 2.45) is 0 Å². The summed E-state index contributed by atoms with van der Waals surface area (Å²) >= 11 is 1.79. The molecule has 1 aromatic rings. The van der Waals surface area contributed by atoms with Crippen molar-refractivity contribution in [3.8, 4) is 0 Å². The highest BCUT2D eigenvalue weighted by molar-refractivity contribution is 7.99. The summed E-state index contributed by atoms with van der Waals surface area (Å²) in [4.78, 5) is 0.375. The first-order valence-electron chi connectivity index (χ1n) is 7.20. The van der Waals surface area contributed by atoms with E-state index in [0.717, 1.165) is 22.6 Å². The molecule has 116 valence electrons. The number of nitrogens with zero attached hydrogens (tertiary/aromatic N) is 1. The molecule has 0 aromatic heterocycles. The third-order valence-electron chi connectivity index (χ3n) is 4.14. The van der Waals surface area contributed by atoms with Crippen LogP contribution in [0.2, 0.25) is 0 Å². The van der Waals surface area contributed by atoms with Gasteiger partial charge in [0.15, 0.2) is 0 Å². The Morgan fingerprint density at radius 3 is 2.76 bits per heavy atom. The van der Waals surface area contributed by atoms with Crippen LogP contribution in [0.4, 0.5) is 4.39 Å². The number of benzene rings is 1. The number of alkyl halides is 1. The lowest BCUT2D eigenvalue weighted by Crippen LogP contribution is -2.91. The van der Waals surface area contributed by atoms with Gasteiger partial charge in [-0.25, -0.2) is 12.8 Å². The molecule has 2 aliphatic heterocycles. The monoisotopic (exact) mass is 331 g/mol. The van der Waals surface area contributed by atoms with Gasteiger partial charge in [0.25, 0.3) is 0 Å². The van der Waals surface area contributed by atoms with Crippen molar-refractivity contribution in [1.29, 1.82) is 0 Å². The zero-order valence-corrected chi connectivity index (χ0v) is 13.4. The topological polar surface area (TPSA) is 54.0 Å². The van der Waals surface area contributed by atoms with Crippen LogP contribution in [0.5, 0.6) is 0 Å². The minimum Gasteiger partial charge on any atom is -0.338 e. The minimum atomic E-state index is -3.38. The van der Waals surface area contributed by atoms with Gasteiger partial charge >= 0.3 is 0 Å². The average molecular weight is 331 g/mol. The normalized spacial score (nSPS) is 23.8. The number of hydrogen-bond donors (Lipinski definition) is 1. The molecule has 0 aliphatic carbocycles. The third kappa shape index (κ3) is 3.11. The molecular weight excluding hydrogens is 311 g/mol. The van der Waals surface area contributed by atoms with Gasteiger partial charge in [-0.1, -0.05) is 6.07 Å². The molecule has 0 radical (unpaired) electrons. The standard InChI is InChI=1S/C14H19FN2O2S2/c15-9-13-7-11-1-2-14(8-12(11)10-16-13)21(18,19)17-3-5-20-6-4-17/h1-2,8,13,16H,3-7,9-10H2/p+1/t13-/m1/s1. The highest BCUT2D eigenvalue weighted by atomic mass is 32.2. The first-order valence-corrected chi connectivity index (χ1v) is 9.80. The van der Waals surface area contributed by atoms with Gasteiger partial charge in [-0.2, -0.15) is 16.1 Å². The lowest BCUT2D eigenvalue weighted by atomic mass is 9.96. The second-order valence-corrected chi connectivity index (χ2v) is 8.67. The van der Waals surface area contributed by atoms with Crippen LogP contribution in [0.25, 0.3) is 0 Å². The molecule has 0 unspecified atom stereocenters. The van der Waals surface area contributed by atoms with E-state index in [4.69, 9.17) is 0 Å². The SMILES string of the molecule is O=S(=O)(c1ccc2c(c1)C[NH2+][C@@H](CF)C2)N1CCSCC1.